The van der Waals surface area contributed by atoms with E-state index >= 15 is 0 Å². The number of allylic oxidation sites excluding steroid dienone is 2. The Labute approximate surface area is 109 Å². The van der Waals surface area contributed by atoms with E-state index in [0.29, 0.717) is 5.92 Å². The van der Waals surface area contributed by atoms with E-state index in [0.717, 1.165) is 31.5 Å². The number of benzene rings is 1. The highest BCUT2D eigenvalue weighted by molar-refractivity contribution is 5.31. The molecule has 2 heteroatoms. The summed E-state index contributed by atoms with van der Waals surface area (Å²) >= 11 is 0. The first-order chi connectivity index (χ1) is 8.62. The Morgan fingerprint density at radius 2 is 2.00 bits per heavy atom. The summed E-state index contributed by atoms with van der Waals surface area (Å²) in [7, 11) is 0. The Hall–Kier alpha value is -1.15. The molecule has 1 N–H and O–H groups in total. The SMILES string of the molecule is CC(C)CNCC1(c2cccc(F)c2)CC=CC1. The van der Waals surface area contributed by atoms with Crippen molar-refractivity contribution in [3.8, 4) is 0 Å². The van der Waals surface area contributed by atoms with Crippen LogP contribution in [0.25, 0.3) is 0 Å². The largest absolute Gasteiger partial charge is 0.316 e. The molecular weight excluding hydrogens is 225 g/mol. The average Bonchev–Trinajstić information content (AvgIpc) is 2.78. The van der Waals surface area contributed by atoms with Crippen LogP contribution in [-0.2, 0) is 5.41 Å². The normalized spacial score (nSPS) is 17.6. The van der Waals surface area contributed by atoms with Crippen LogP contribution in [-0.4, -0.2) is 13.1 Å². The van der Waals surface area contributed by atoms with Crippen molar-refractivity contribution in [1.29, 1.82) is 0 Å². The van der Waals surface area contributed by atoms with Crippen LogP contribution in [0.3, 0.4) is 0 Å². The third-order valence-corrected chi connectivity index (χ3v) is 3.64. The molecular formula is C16H22FN. The third-order valence-electron chi connectivity index (χ3n) is 3.64. The van der Waals surface area contributed by atoms with Gasteiger partial charge in [0, 0.05) is 12.0 Å². The highest BCUT2D eigenvalue weighted by atomic mass is 19.1. The van der Waals surface area contributed by atoms with Crippen LogP contribution in [0.2, 0.25) is 0 Å². The quantitative estimate of drug-likeness (QED) is 0.783. The fourth-order valence-corrected chi connectivity index (χ4v) is 2.60. The topological polar surface area (TPSA) is 12.0 Å². The van der Waals surface area contributed by atoms with Crippen LogP contribution < -0.4 is 5.32 Å². The van der Waals surface area contributed by atoms with Gasteiger partial charge in [-0.05, 0) is 43.0 Å². The molecule has 0 bridgehead atoms. The minimum atomic E-state index is -0.136. The van der Waals surface area contributed by atoms with Crippen LogP contribution in [0.1, 0.15) is 32.3 Å². The van der Waals surface area contributed by atoms with E-state index in [4.69, 9.17) is 0 Å². The van der Waals surface area contributed by atoms with Crippen LogP contribution in [0.15, 0.2) is 36.4 Å². The molecule has 0 saturated carbocycles. The van der Waals surface area contributed by atoms with Crippen molar-refractivity contribution in [3.05, 3.63) is 47.8 Å². The van der Waals surface area contributed by atoms with E-state index in [1.807, 2.05) is 12.1 Å². The lowest BCUT2D eigenvalue weighted by Crippen LogP contribution is -2.37. The maximum atomic E-state index is 13.4. The van der Waals surface area contributed by atoms with E-state index in [1.54, 1.807) is 6.07 Å². The summed E-state index contributed by atoms with van der Waals surface area (Å²) in [5.41, 5.74) is 1.17. The third kappa shape index (κ3) is 2.99. The highest BCUT2D eigenvalue weighted by Crippen LogP contribution is 2.36. The first-order valence-corrected chi connectivity index (χ1v) is 6.74. The smallest absolute Gasteiger partial charge is 0.123 e. The molecule has 0 amide bonds. The zero-order valence-electron chi connectivity index (χ0n) is 11.2. The maximum absolute atomic E-state index is 13.4. The average molecular weight is 247 g/mol. The Morgan fingerprint density at radius 1 is 1.28 bits per heavy atom. The summed E-state index contributed by atoms with van der Waals surface area (Å²) in [5, 5.41) is 3.52. The fraction of sp³-hybridized carbons (Fsp3) is 0.500. The van der Waals surface area contributed by atoms with Crippen LogP contribution in [0.4, 0.5) is 4.39 Å². The van der Waals surface area contributed by atoms with E-state index in [-0.39, 0.29) is 11.2 Å². The maximum Gasteiger partial charge on any atom is 0.123 e. The number of halogens is 1. The number of hydrogen-bond acceptors (Lipinski definition) is 1. The first-order valence-electron chi connectivity index (χ1n) is 6.74. The van der Waals surface area contributed by atoms with Crippen molar-refractivity contribution in [2.75, 3.05) is 13.1 Å². The van der Waals surface area contributed by atoms with Gasteiger partial charge < -0.3 is 5.32 Å². The van der Waals surface area contributed by atoms with E-state index in [1.165, 1.54) is 6.07 Å². The summed E-state index contributed by atoms with van der Waals surface area (Å²) in [5.74, 6) is 0.506. The lowest BCUT2D eigenvalue weighted by atomic mass is 9.78. The van der Waals surface area contributed by atoms with Crippen LogP contribution in [0.5, 0.6) is 0 Å². The number of nitrogens with one attached hydrogen (secondary N) is 1. The molecule has 1 aliphatic rings. The van der Waals surface area contributed by atoms with Gasteiger partial charge in [0.15, 0.2) is 0 Å². The number of hydrogen-bond donors (Lipinski definition) is 1. The molecule has 1 nitrogen and oxygen atoms in total. The zero-order valence-corrected chi connectivity index (χ0v) is 11.2. The molecule has 0 atom stereocenters. The van der Waals surface area contributed by atoms with E-state index in [2.05, 4.69) is 31.3 Å². The van der Waals surface area contributed by atoms with Gasteiger partial charge in [-0.3, -0.25) is 0 Å². The molecule has 2 rings (SSSR count). The van der Waals surface area contributed by atoms with E-state index in [9.17, 15) is 4.39 Å². The van der Waals surface area contributed by atoms with Crippen molar-refractivity contribution < 1.29 is 4.39 Å². The van der Waals surface area contributed by atoms with Gasteiger partial charge >= 0.3 is 0 Å². The Kier molecular flexibility index (Phi) is 4.18. The Bertz CT molecular complexity index is 415. The molecule has 1 aromatic rings. The second kappa shape index (κ2) is 5.66. The standard InChI is InChI=1S/C16H22FN/c1-13(2)11-18-12-16(8-3-4-9-16)14-6-5-7-15(17)10-14/h3-7,10,13,18H,8-9,11-12H2,1-2H3. The van der Waals surface area contributed by atoms with Crippen LogP contribution in [0, 0.1) is 11.7 Å². The summed E-state index contributed by atoms with van der Waals surface area (Å²) in [6.45, 7) is 6.34. The van der Waals surface area contributed by atoms with Crippen LogP contribution >= 0.6 is 0 Å². The molecule has 0 saturated heterocycles. The van der Waals surface area contributed by atoms with Crippen molar-refractivity contribution >= 4 is 0 Å². The van der Waals surface area contributed by atoms with Crippen molar-refractivity contribution in [2.45, 2.75) is 32.1 Å². The highest BCUT2D eigenvalue weighted by Gasteiger charge is 2.32. The molecule has 0 fully saturated rings. The van der Waals surface area contributed by atoms with Crippen molar-refractivity contribution in [2.24, 2.45) is 5.92 Å². The Morgan fingerprint density at radius 3 is 2.61 bits per heavy atom. The summed E-state index contributed by atoms with van der Waals surface area (Å²) in [4.78, 5) is 0. The predicted molar refractivity (Wildman–Crippen MR) is 74.2 cm³/mol. The van der Waals surface area contributed by atoms with Gasteiger partial charge in [0.05, 0.1) is 0 Å². The molecule has 0 unspecified atom stereocenters. The zero-order chi connectivity index (χ0) is 13.0. The monoisotopic (exact) mass is 247 g/mol. The number of rotatable bonds is 5. The second-order valence-corrected chi connectivity index (χ2v) is 5.70. The predicted octanol–water partition coefficient (Wildman–Crippen LogP) is 3.66. The lowest BCUT2D eigenvalue weighted by Gasteiger charge is -2.30. The summed E-state index contributed by atoms with van der Waals surface area (Å²) in [6.07, 6.45) is 6.42. The fourth-order valence-electron chi connectivity index (χ4n) is 2.60. The van der Waals surface area contributed by atoms with Crippen molar-refractivity contribution in [3.63, 3.8) is 0 Å². The van der Waals surface area contributed by atoms with Gasteiger partial charge in [-0.1, -0.05) is 38.1 Å². The summed E-state index contributed by atoms with van der Waals surface area (Å²) < 4.78 is 13.4. The second-order valence-electron chi connectivity index (χ2n) is 5.70. The molecule has 1 aliphatic carbocycles. The van der Waals surface area contributed by atoms with Gasteiger partial charge in [0.1, 0.15) is 5.82 Å². The van der Waals surface area contributed by atoms with Gasteiger partial charge in [-0.15, -0.1) is 0 Å². The molecule has 0 aromatic heterocycles. The van der Waals surface area contributed by atoms with Crippen molar-refractivity contribution in [1.82, 2.24) is 5.32 Å². The molecule has 0 spiro atoms. The van der Waals surface area contributed by atoms with Gasteiger partial charge in [-0.2, -0.15) is 0 Å². The minimum Gasteiger partial charge on any atom is -0.316 e. The molecule has 18 heavy (non-hydrogen) atoms. The summed E-state index contributed by atoms with van der Waals surface area (Å²) in [6, 6.07) is 7.06. The first kappa shape index (κ1) is 13.3. The van der Waals surface area contributed by atoms with Gasteiger partial charge in [0.25, 0.3) is 0 Å². The lowest BCUT2D eigenvalue weighted by molar-refractivity contribution is 0.401. The molecule has 0 heterocycles. The van der Waals surface area contributed by atoms with Gasteiger partial charge in [-0.25, -0.2) is 4.39 Å². The molecule has 1 aromatic carbocycles. The Balaban J connectivity index is 2.12. The molecule has 98 valence electrons. The molecule has 0 aliphatic heterocycles. The minimum absolute atomic E-state index is 0.0526. The molecule has 0 radical (unpaired) electrons. The van der Waals surface area contributed by atoms with E-state index < -0.39 is 0 Å². The van der Waals surface area contributed by atoms with Gasteiger partial charge in [0.2, 0.25) is 0 Å².